The van der Waals surface area contributed by atoms with Crippen LogP contribution < -0.4 is 21.3 Å². The number of ether oxygens (including phenoxy) is 1. The normalized spacial score (nSPS) is 10.3. The monoisotopic (exact) mass is 491 g/mol. The van der Waals surface area contributed by atoms with Gasteiger partial charge in [-0.05, 0) is 57.9 Å². The Morgan fingerprint density at radius 3 is 2.53 bits per heavy atom. The molecule has 0 bridgehead atoms. The highest BCUT2D eigenvalue weighted by Gasteiger charge is 2.15. The highest BCUT2D eigenvalue weighted by molar-refractivity contribution is 5.76. The fourth-order valence-corrected chi connectivity index (χ4v) is 2.79. The summed E-state index contributed by atoms with van der Waals surface area (Å²) in [6.07, 6.45) is 2.79. The molecule has 0 saturated heterocycles. The van der Waals surface area contributed by atoms with Gasteiger partial charge < -0.3 is 26.0 Å². The van der Waals surface area contributed by atoms with Crippen LogP contribution in [0.25, 0.3) is 0 Å². The van der Waals surface area contributed by atoms with Crippen molar-refractivity contribution >= 4 is 29.5 Å². The third-order valence-electron chi connectivity index (χ3n) is 4.45. The summed E-state index contributed by atoms with van der Waals surface area (Å²) in [4.78, 5) is 32.4. The quantitative estimate of drug-likeness (QED) is 0.291. The predicted octanol–water partition coefficient (Wildman–Crippen LogP) is 3.69. The largest absolute Gasteiger partial charge is 0.444 e. The molecule has 4 N–H and O–H groups in total. The Balaban J connectivity index is 1.86. The van der Waals surface area contributed by atoms with Gasteiger partial charge in [0.1, 0.15) is 11.4 Å². The zero-order valence-corrected chi connectivity index (χ0v) is 21.2. The zero-order chi connectivity index (χ0) is 26.4. The van der Waals surface area contributed by atoms with Gasteiger partial charge in [0.15, 0.2) is 0 Å². The Bertz CT molecular complexity index is 1120. The lowest BCUT2D eigenvalue weighted by molar-refractivity contribution is -0.120. The van der Waals surface area contributed by atoms with E-state index in [0.29, 0.717) is 35.9 Å². The van der Waals surface area contributed by atoms with Gasteiger partial charge in [0, 0.05) is 25.2 Å². The Hall–Kier alpha value is -4.31. The van der Waals surface area contributed by atoms with Crippen molar-refractivity contribution in [2.75, 3.05) is 30.3 Å². The number of nitrogens with one attached hydrogen (secondary N) is 4. The number of rotatable bonds is 10. The number of aromatic nitrogens is 2. The third-order valence-corrected chi connectivity index (χ3v) is 4.45. The van der Waals surface area contributed by atoms with Gasteiger partial charge in [0.25, 0.3) is 0 Å². The summed E-state index contributed by atoms with van der Waals surface area (Å²) in [5, 5.41) is 20.7. The molecular formula is C26H33N7O3. The molecule has 10 nitrogen and oxygen atoms in total. The summed E-state index contributed by atoms with van der Waals surface area (Å²) < 4.78 is 5.15. The number of hydrogen-bond acceptors (Lipinski definition) is 8. The first-order valence-corrected chi connectivity index (χ1v) is 11.8. The van der Waals surface area contributed by atoms with Crippen LogP contribution in [0.5, 0.6) is 0 Å². The molecule has 0 aliphatic heterocycles. The van der Waals surface area contributed by atoms with Crippen molar-refractivity contribution in [2.24, 2.45) is 0 Å². The average Bonchev–Trinajstić information content (AvgIpc) is 2.83. The number of carbonyl (C=O) groups excluding carboxylic acids is 2. The second-order valence-corrected chi connectivity index (χ2v) is 8.81. The fourth-order valence-electron chi connectivity index (χ4n) is 2.79. The van der Waals surface area contributed by atoms with E-state index in [9.17, 15) is 9.59 Å². The Labute approximate surface area is 212 Å². The molecule has 0 aliphatic rings. The standard InChI is InChI=1S/C26H33N7O3/c1-5-14-29-23-20(18-31-24(33-23)32-21-12-10-19(17-27)11-13-21)8-6-15-28-22(34)9-7-16-30-25(35)36-26(2,3)4/h10-13,18H,5,7,9,14-16H2,1-4H3,(H,28,34)(H,30,35)(H2,29,31,32,33). The number of alkyl carbamates (subject to hydrolysis) is 1. The van der Waals surface area contributed by atoms with E-state index in [4.69, 9.17) is 10.00 Å². The van der Waals surface area contributed by atoms with Gasteiger partial charge in [0.2, 0.25) is 11.9 Å². The van der Waals surface area contributed by atoms with Crippen molar-refractivity contribution < 1.29 is 14.3 Å². The molecule has 0 aliphatic carbocycles. The maximum Gasteiger partial charge on any atom is 0.407 e. The van der Waals surface area contributed by atoms with Crippen LogP contribution >= 0.6 is 0 Å². The van der Waals surface area contributed by atoms with Gasteiger partial charge in [-0.3, -0.25) is 4.79 Å². The molecule has 1 aromatic heterocycles. The van der Waals surface area contributed by atoms with Crippen LogP contribution in [0.1, 0.15) is 58.1 Å². The number of carbonyl (C=O) groups is 2. The SMILES string of the molecule is CCCNc1nc(Nc2ccc(C#N)cc2)ncc1C#CCNC(=O)CCCNC(=O)OC(C)(C)C. The average molecular weight is 492 g/mol. The Kier molecular flexibility index (Phi) is 11.0. The summed E-state index contributed by atoms with van der Waals surface area (Å²) in [6, 6.07) is 9.07. The Morgan fingerprint density at radius 2 is 1.86 bits per heavy atom. The number of nitriles is 1. The molecule has 1 heterocycles. The van der Waals surface area contributed by atoms with E-state index >= 15 is 0 Å². The van der Waals surface area contributed by atoms with Crippen molar-refractivity contribution in [1.82, 2.24) is 20.6 Å². The molecule has 0 unspecified atom stereocenters. The van der Waals surface area contributed by atoms with E-state index in [1.54, 1.807) is 51.2 Å². The minimum Gasteiger partial charge on any atom is -0.444 e. The minimum atomic E-state index is -0.557. The number of amides is 2. The van der Waals surface area contributed by atoms with E-state index in [0.717, 1.165) is 18.7 Å². The van der Waals surface area contributed by atoms with Crippen LogP contribution in [0, 0.1) is 23.2 Å². The third kappa shape index (κ3) is 10.7. The molecule has 0 saturated carbocycles. The van der Waals surface area contributed by atoms with Gasteiger partial charge in [-0.15, -0.1) is 0 Å². The summed E-state index contributed by atoms with van der Waals surface area (Å²) in [6.45, 7) is 8.66. The van der Waals surface area contributed by atoms with Crippen LogP contribution in [-0.4, -0.2) is 47.2 Å². The van der Waals surface area contributed by atoms with Crippen molar-refractivity contribution in [1.29, 1.82) is 5.26 Å². The number of anilines is 3. The molecule has 0 spiro atoms. The molecule has 1 aromatic carbocycles. The maximum atomic E-state index is 12.0. The van der Waals surface area contributed by atoms with E-state index in [1.165, 1.54) is 0 Å². The molecule has 2 aromatic rings. The van der Waals surface area contributed by atoms with E-state index in [1.807, 2.05) is 6.92 Å². The molecule has 2 rings (SSSR count). The van der Waals surface area contributed by atoms with E-state index in [-0.39, 0.29) is 18.9 Å². The van der Waals surface area contributed by atoms with Crippen LogP contribution in [0.15, 0.2) is 30.5 Å². The first kappa shape index (κ1) is 27.9. The summed E-state index contributed by atoms with van der Waals surface area (Å²) in [5.41, 5.74) is 1.39. The van der Waals surface area contributed by atoms with Gasteiger partial charge in [-0.25, -0.2) is 9.78 Å². The summed E-state index contributed by atoms with van der Waals surface area (Å²) >= 11 is 0. The smallest absolute Gasteiger partial charge is 0.407 e. The minimum absolute atomic E-state index is 0.155. The molecule has 10 heteroatoms. The number of benzene rings is 1. The first-order valence-electron chi connectivity index (χ1n) is 11.8. The van der Waals surface area contributed by atoms with Crippen molar-refractivity contribution in [3.8, 4) is 17.9 Å². The first-order chi connectivity index (χ1) is 17.2. The van der Waals surface area contributed by atoms with Crippen molar-refractivity contribution in [3.63, 3.8) is 0 Å². The zero-order valence-electron chi connectivity index (χ0n) is 21.2. The van der Waals surface area contributed by atoms with Crippen LogP contribution in [0.3, 0.4) is 0 Å². The predicted molar refractivity (Wildman–Crippen MR) is 139 cm³/mol. The number of nitrogens with zero attached hydrogens (tertiary/aromatic N) is 3. The summed E-state index contributed by atoms with van der Waals surface area (Å²) in [5.74, 6) is 6.76. The van der Waals surface area contributed by atoms with Gasteiger partial charge >= 0.3 is 6.09 Å². The molecular weight excluding hydrogens is 458 g/mol. The lowest BCUT2D eigenvalue weighted by atomic mass is 10.2. The molecule has 2 amide bonds. The highest BCUT2D eigenvalue weighted by atomic mass is 16.6. The molecule has 0 radical (unpaired) electrons. The molecule has 0 atom stereocenters. The van der Waals surface area contributed by atoms with Crippen molar-refractivity contribution in [3.05, 3.63) is 41.6 Å². The van der Waals surface area contributed by atoms with Crippen LogP contribution in [0.2, 0.25) is 0 Å². The fraction of sp³-hybridized carbons (Fsp3) is 0.423. The lowest BCUT2D eigenvalue weighted by Crippen LogP contribution is -2.33. The summed E-state index contributed by atoms with van der Waals surface area (Å²) in [7, 11) is 0. The van der Waals surface area contributed by atoms with Gasteiger partial charge in [-0.2, -0.15) is 10.2 Å². The molecule has 190 valence electrons. The second-order valence-electron chi connectivity index (χ2n) is 8.81. The van der Waals surface area contributed by atoms with E-state index in [2.05, 4.69) is 49.1 Å². The van der Waals surface area contributed by atoms with Crippen LogP contribution in [0.4, 0.5) is 22.2 Å². The van der Waals surface area contributed by atoms with Gasteiger partial charge in [0.05, 0.1) is 29.9 Å². The molecule has 36 heavy (non-hydrogen) atoms. The highest BCUT2D eigenvalue weighted by Crippen LogP contribution is 2.17. The number of hydrogen-bond donors (Lipinski definition) is 4. The topological polar surface area (TPSA) is 141 Å². The second kappa shape index (κ2) is 14.2. The van der Waals surface area contributed by atoms with Crippen LogP contribution in [-0.2, 0) is 9.53 Å². The lowest BCUT2D eigenvalue weighted by Gasteiger charge is -2.19. The van der Waals surface area contributed by atoms with E-state index < -0.39 is 11.7 Å². The Morgan fingerprint density at radius 1 is 1.11 bits per heavy atom. The maximum absolute atomic E-state index is 12.0. The van der Waals surface area contributed by atoms with Gasteiger partial charge in [-0.1, -0.05) is 18.8 Å². The van der Waals surface area contributed by atoms with Crippen molar-refractivity contribution in [2.45, 2.75) is 52.6 Å². The molecule has 0 fully saturated rings.